The molecule has 0 radical (unpaired) electrons. The fourth-order valence-corrected chi connectivity index (χ4v) is 3.83. The molecule has 0 aliphatic carbocycles. The molecule has 0 N–H and O–H groups in total. The lowest BCUT2D eigenvalue weighted by atomic mass is 10.2. The number of anilines is 1. The number of aromatic nitrogens is 4. The van der Waals surface area contributed by atoms with E-state index < -0.39 is 0 Å². The van der Waals surface area contributed by atoms with Crippen LogP contribution >= 0.6 is 0 Å². The molecule has 2 aromatic carbocycles. The van der Waals surface area contributed by atoms with Crippen LogP contribution < -0.4 is 4.90 Å². The lowest BCUT2D eigenvalue weighted by molar-refractivity contribution is 0.627. The molecule has 0 amide bonds. The maximum absolute atomic E-state index is 13.5. The van der Waals surface area contributed by atoms with Crippen LogP contribution in [0.2, 0.25) is 0 Å². The topological polar surface area (TPSA) is 46.8 Å². The molecule has 0 bridgehead atoms. The number of hydrogen-bond acceptors (Lipinski definition) is 4. The molecule has 0 atom stereocenters. The zero-order chi connectivity index (χ0) is 20.0. The van der Waals surface area contributed by atoms with Gasteiger partial charge in [-0.3, -0.25) is 4.57 Å². The van der Waals surface area contributed by atoms with Crippen LogP contribution in [0.25, 0.3) is 28.2 Å². The summed E-state index contributed by atoms with van der Waals surface area (Å²) in [5, 5.41) is 0. The van der Waals surface area contributed by atoms with E-state index in [4.69, 9.17) is 4.98 Å². The minimum absolute atomic E-state index is 0.313. The van der Waals surface area contributed by atoms with Crippen molar-refractivity contribution >= 4 is 17.0 Å². The Morgan fingerprint density at radius 1 is 0.793 bits per heavy atom. The fraction of sp³-hybridized carbons (Fsp3) is 0.227. The highest BCUT2D eigenvalue weighted by molar-refractivity contribution is 5.89. The van der Waals surface area contributed by atoms with Crippen molar-refractivity contribution in [3.05, 3.63) is 66.0 Å². The Morgan fingerprint density at radius 3 is 2.07 bits per heavy atom. The first-order valence-electron chi connectivity index (χ1n) is 9.64. The van der Waals surface area contributed by atoms with E-state index in [1.807, 2.05) is 11.5 Å². The monoisotopic (exact) mass is 391 g/mol. The maximum Gasteiger partial charge on any atom is 0.170 e. The van der Waals surface area contributed by atoms with Gasteiger partial charge in [0.2, 0.25) is 0 Å². The summed E-state index contributed by atoms with van der Waals surface area (Å²) in [4.78, 5) is 16.4. The molecule has 0 saturated carbocycles. The van der Waals surface area contributed by atoms with Crippen molar-refractivity contribution in [3.63, 3.8) is 0 Å². The van der Waals surface area contributed by atoms with E-state index in [-0.39, 0.29) is 11.6 Å². The van der Waals surface area contributed by atoms with Gasteiger partial charge in [0.05, 0.1) is 0 Å². The van der Waals surface area contributed by atoms with Gasteiger partial charge in [0.1, 0.15) is 23.3 Å². The van der Waals surface area contributed by atoms with Crippen molar-refractivity contribution in [2.24, 2.45) is 0 Å². The second-order valence-electron chi connectivity index (χ2n) is 7.21. The Kier molecular flexibility index (Phi) is 4.23. The van der Waals surface area contributed by atoms with Crippen LogP contribution in [0.15, 0.2) is 48.5 Å². The molecule has 1 aliphatic rings. The minimum atomic E-state index is -0.315. The summed E-state index contributed by atoms with van der Waals surface area (Å²) in [6.07, 6.45) is 2.24. The first kappa shape index (κ1) is 17.7. The Bertz CT molecular complexity index is 1180. The van der Waals surface area contributed by atoms with E-state index in [2.05, 4.69) is 14.9 Å². The quantitative estimate of drug-likeness (QED) is 0.509. The predicted octanol–water partition coefficient (Wildman–Crippen LogP) is 4.67. The van der Waals surface area contributed by atoms with Crippen LogP contribution in [-0.2, 0) is 0 Å². The molecular weight excluding hydrogens is 372 g/mol. The van der Waals surface area contributed by atoms with E-state index in [0.29, 0.717) is 22.8 Å². The second kappa shape index (κ2) is 6.92. The summed E-state index contributed by atoms with van der Waals surface area (Å²) < 4.78 is 28.9. The van der Waals surface area contributed by atoms with E-state index in [9.17, 15) is 8.78 Å². The Morgan fingerprint density at radius 2 is 1.41 bits per heavy atom. The van der Waals surface area contributed by atoms with Crippen LogP contribution in [0.1, 0.15) is 18.7 Å². The van der Waals surface area contributed by atoms with Crippen molar-refractivity contribution in [3.8, 4) is 17.1 Å². The van der Waals surface area contributed by atoms with Crippen LogP contribution in [-0.4, -0.2) is 32.6 Å². The van der Waals surface area contributed by atoms with Gasteiger partial charge in [-0.15, -0.1) is 0 Å². The van der Waals surface area contributed by atoms with Gasteiger partial charge in [-0.05, 0) is 68.3 Å². The molecule has 7 heteroatoms. The zero-order valence-corrected chi connectivity index (χ0v) is 15.9. The van der Waals surface area contributed by atoms with Gasteiger partial charge in [0, 0.05) is 24.3 Å². The van der Waals surface area contributed by atoms with Crippen molar-refractivity contribution in [2.75, 3.05) is 18.0 Å². The fourth-order valence-electron chi connectivity index (χ4n) is 3.83. The molecule has 1 saturated heterocycles. The third kappa shape index (κ3) is 3.12. The van der Waals surface area contributed by atoms with Crippen LogP contribution in [0.5, 0.6) is 0 Å². The van der Waals surface area contributed by atoms with Crippen molar-refractivity contribution in [2.45, 2.75) is 19.8 Å². The molecule has 0 spiro atoms. The molecule has 4 aromatic rings. The van der Waals surface area contributed by atoms with Crippen molar-refractivity contribution < 1.29 is 8.78 Å². The summed E-state index contributed by atoms with van der Waals surface area (Å²) in [7, 11) is 0. The molecular formula is C22H19F2N5. The van der Waals surface area contributed by atoms with Gasteiger partial charge in [-0.1, -0.05) is 0 Å². The average molecular weight is 391 g/mol. The van der Waals surface area contributed by atoms with Gasteiger partial charge in [-0.25, -0.2) is 23.7 Å². The molecule has 1 aliphatic heterocycles. The first-order chi connectivity index (χ1) is 14.1. The summed E-state index contributed by atoms with van der Waals surface area (Å²) in [6, 6.07) is 12.4. The lowest BCUT2D eigenvalue weighted by Crippen LogP contribution is -2.20. The molecule has 3 heterocycles. The van der Waals surface area contributed by atoms with Gasteiger partial charge in [0.15, 0.2) is 17.0 Å². The van der Waals surface area contributed by atoms with Gasteiger partial charge in [-0.2, -0.15) is 0 Å². The van der Waals surface area contributed by atoms with Crippen molar-refractivity contribution in [1.29, 1.82) is 0 Å². The van der Waals surface area contributed by atoms with Crippen molar-refractivity contribution in [1.82, 2.24) is 19.5 Å². The smallest absolute Gasteiger partial charge is 0.170 e. The number of fused-ring (bicyclic) bond motifs is 1. The molecule has 0 unspecified atom stereocenters. The highest BCUT2D eigenvalue weighted by Gasteiger charge is 2.24. The molecule has 29 heavy (non-hydrogen) atoms. The Balaban J connectivity index is 1.82. The number of imidazole rings is 1. The SMILES string of the molecule is Cc1nc(N2CCCC2)c2nc(-c3ccc(F)cc3)n(-c3ccc(F)cc3)c2n1. The number of benzene rings is 2. The van der Waals surface area contributed by atoms with E-state index in [0.717, 1.165) is 43.0 Å². The summed E-state index contributed by atoms with van der Waals surface area (Å²) in [5.74, 6) is 1.45. The molecule has 146 valence electrons. The van der Waals surface area contributed by atoms with E-state index in [1.165, 1.54) is 24.3 Å². The highest BCUT2D eigenvalue weighted by atomic mass is 19.1. The second-order valence-corrected chi connectivity index (χ2v) is 7.21. The molecule has 5 nitrogen and oxygen atoms in total. The number of rotatable bonds is 3. The number of hydrogen-bond donors (Lipinski definition) is 0. The van der Waals surface area contributed by atoms with E-state index >= 15 is 0 Å². The molecule has 2 aromatic heterocycles. The third-order valence-corrected chi connectivity index (χ3v) is 5.19. The first-order valence-corrected chi connectivity index (χ1v) is 9.64. The number of halogens is 2. The largest absolute Gasteiger partial charge is 0.355 e. The predicted molar refractivity (Wildman–Crippen MR) is 108 cm³/mol. The van der Waals surface area contributed by atoms with Crippen LogP contribution in [0, 0.1) is 18.6 Å². The van der Waals surface area contributed by atoms with Gasteiger partial charge < -0.3 is 4.90 Å². The zero-order valence-electron chi connectivity index (χ0n) is 15.9. The summed E-state index contributed by atoms with van der Waals surface area (Å²) >= 11 is 0. The number of aryl methyl sites for hydroxylation is 1. The lowest BCUT2D eigenvalue weighted by Gasteiger charge is -2.17. The molecule has 1 fully saturated rings. The maximum atomic E-state index is 13.5. The van der Waals surface area contributed by atoms with E-state index in [1.54, 1.807) is 24.3 Å². The molecule has 5 rings (SSSR count). The Hall–Kier alpha value is -3.35. The number of nitrogens with zero attached hydrogens (tertiary/aromatic N) is 5. The van der Waals surface area contributed by atoms with Crippen LogP contribution in [0.4, 0.5) is 14.6 Å². The van der Waals surface area contributed by atoms with Gasteiger partial charge >= 0.3 is 0 Å². The summed E-state index contributed by atoms with van der Waals surface area (Å²) in [6.45, 7) is 3.72. The normalized spacial score (nSPS) is 14.1. The third-order valence-electron chi connectivity index (χ3n) is 5.19. The minimum Gasteiger partial charge on any atom is -0.355 e. The average Bonchev–Trinajstić information content (AvgIpc) is 3.37. The standard InChI is InChI=1S/C22H19F2N5/c1-14-25-21(28-12-2-3-13-28)19-22(26-14)29(18-10-8-17(24)9-11-18)20(27-19)15-4-6-16(23)7-5-15/h4-11H,2-3,12-13H2,1H3. The highest BCUT2D eigenvalue weighted by Crippen LogP contribution is 2.33. The van der Waals surface area contributed by atoms with Crippen LogP contribution in [0.3, 0.4) is 0 Å². The van der Waals surface area contributed by atoms with Gasteiger partial charge in [0.25, 0.3) is 0 Å². The Labute approximate surface area is 166 Å². The summed E-state index contributed by atoms with van der Waals surface area (Å²) in [5.41, 5.74) is 2.84.